The summed E-state index contributed by atoms with van der Waals surface area (Å²) in [6.07, 6.45) is 0. The van der Waals surface area contributed by atoms with E-state index in [0.29, 0.717) is 17.6 Å². The third-order valence-corrected chi connectivity index (χ3v) is 15.9. The fraction of sp³-hybridized carbons (Fsp3) is 0. The van der Waals surface area contributed by atoms with E-state index in [1.54, 1.807) is 0 Å². The maximum Gasteiger partial charge on any atom is 0.238 e. The van der Waals surface area contributed by atoms with E-state index in [4.69, 9.17) is 15.0 Å². The summed E-state index contributed by atoms with van der Waals surface area (Å²) in [5.74, 6) is 1.79. The van der Waals surface area contributed by atoms with E-state index in [-0.39, 0.29) is 0 Å². The van der Waals surface area contributed by atoms with E-state index in [2.05, 4.69) is 252 Å². The maximum atomic E-state index is 5.44. The predicted octanol–water partition coefficient (Wildman–Crippen LogP) is 18.4. The molecule has 4 aromatic heterocycles. The summed E-state index contributed by atoms with van der Waals surface area (Å²) in [5.41, 5.74) is 16.7. The van der Waals surface area contributed by atoms with Crippen LogP contribution in [0.4, 0.5) is 0 Å². The van der Waals surface area contributed by atoms with Crippen LogP contribution in [0.5, 0.6) is 0 Å². The zero-order valence-corrected chi connectivity index (χ0v) is 41.3. The molecule has 0 amide bonds. The van der Waals surface area contributed by atoms with Gasteiger partial charge in [0.05, 0.1) is 27.8 Å². The first-order valence-corrected chi connectivity index (χ1v) is 26.2. The standard InChI is InChI=1S/C69H43N5S/c1-4-18-44(19-5-1)47-24-16-25-48(40-47)49-34-37-63(73-60-31-13-10-26-53(60)54-27-11-14-32-61(54)73)57(41-49)50-35-38-64-58(42-50)59-43-51(36-39-65(59)75-64)68-70-67(46-22-8-3-9-23-46)71-69(72-68)74-62-33-15-12-28-55(62)56-30-17-29-52(66(56)74)45-20-6-2-7-21-45/h1-43H. The quantitative estimate of drug-likeness (QED) is 0.152. The van der Waals surface area contributed by atoms with Gasteiger partial charge in [0, 0.05) is 64.0 Å². The molecule has 15 rings (SSSR count). The number of fused-ring (bicyclic) bond motifs is 9. The average Bonchev–Trinajstić information content (AvgIpc) is 4.18. The predicted molar refractivity (Wildman–Crippen MR) is 314 cm³/mol. The van der Waals surface area contributed by atoms with Crippen molar-refractivity contribution < 1.29 is 0 Å². The van der Waals surface area contributed by atoms with Gasteiger partial charge in [-0.2, -0.15) is 9.97 Å². The number of hydrogen-bond donors (Lipinski definition) is 0. The molecule has 11 aromatic carbocycles. The molecular weight excluding hydrogens is 931 g/mol. The van der Waals surface area contributed by atoms with Crippen molar-refractivity contribution >= 4 is 75.1 Å². The molecule has 0 radical (unpaired) electrons. The Labute approximate surface area is 436 Å². The lowest BCUT2D eigenvalue weighted by Crippen LogP contribution is -2.07. The highest BCUT2D eigenvalue weighted by Crippen LogP contribution is 2.44. The third-order valence-electron chi connectivity index (χ3n) is 14.8. The van der Waals surface area contributed by atoms with Gasteiger partial charge >= 0.3 is 0 Å². The summed E-state index contributed by atoms with van der Waals surface area (Å²) in [5, 5.41) is 7.10. The number of benzene rings is 11. The minimum Gasteiger partial charge on any atom is -0.309 e. The molecule has 350 valence electrons. The molecule has 0 saturated heterocycles. The second-order valence-corrected chi connectivity index (χ2v) is 20.2. The van der Waals surface area contributed by atoms with Crippen LogP contribution in [0.25, 0.3) is 143 Å². The first-order chi connectivity index (χ1) is 37.2. The Bertz CT molecular complexity index is 4650. The summed E-state index contributed by atoms with van der Waals surface area (Å²) in [6, 6.07) is 93.7. The van der Waals surface area contributed by atoms with Crippen LogP contribution in [0.2, 0.25) is 0 Å². The SMILES string of the molecule is c1ccc(-c2cccc(-c3ccc(-n4c5ccccc5c5ccccc54)c(-c4ccc5sc6ccc(-c7nc(-c8ccccc8)nc(-n8c9ccccc9c9cccc(-c%10ccccc%10)c98)n7)cc6c5c4)c3)c2)cc1. The lowest BCUT2D eigenvalue weighted by Gasteiger charge is -2.17. The van der Waals surface area contributed by atoms with Gasteiger partial charge in [-0.25, -0.2) is 4.98 Å². The molecule has 0 saturated carbocycles. The van der Waals surface area contributed by atoms with Gasteiger partial charge in [0.25, 0.3) is 0 Å². The largest absolute Gasteiger partial charge is 0.309 e. The molecular formula is C69H43N5S. The molecule has 0 unspecified atom stereocenters. The fourth-order valence-electron chi connectivity index (χ4n) is 11.3. The van der Waals surface area contributed by atoms with Crippen LogP contribution in [-0.2, 0) is 0 Å². The van der Waals surface area contributed by atoms with Crippen molar-refractivity contribution in [1.82, 2.24) is 24.1 Å². The van der Waals surface area contributed by atoms with Crippen LogP contribution in [0, 0.1) is 0 Å². The van der Waals surface area contributed by atoms with Gasteiger partial charge < -0.3 is 4.57 Å². The molecule has 0 fully saturated rings. The number of aromatic nitrogens is 5. The summed E-state index contributed by atoms with van der Waals surface area (Å²) in [6.45, 7) is 0. The van der Waals surface area contributed by atoms with Gasteiger partial charge in [-0.15, -0.1) is 11.3 Å². The summed E-state index contributed by atoms with van der Waals surface area (Å²) < 4.78 is 7.10. The van der Waals surface area contributed by atoms with E-state index < -0.39 is 0 Å². The first kappa shape index (κ1) is 42.9. The molecule has 5 nitrogen and oxygen atoms in total. The van der Waals surface area contributed by atoms with Crippen molar-refractivity contribution in [3.8, 4) is 78.9 Å². The van der Waals surface area contributed by atoms with Gasteiger partial charge in [0.2, 0.25) is 5.95 Å². The number of para-hydroxylation sites is 4. The van der Waals surface area contributed by atoms with Crippen LogP contribution in [0.15, 0.2) is 261 Å². The van der Waals surface area contributed by atoms with E-state index in [1.165, 1.54) is 53.3 Å². The molecule has 15 aromatic rings. The third kappa shape index (κ3) is 7.18. The van der Waals surface area contributed by atoms with Gasteiger partial charge in [0.1, 0.15) is 0 Å². The first-order valence-electron chi connectivity index (χ1n) is 25.3. The van der Waals surface area contributed by atoms with E-state index in [9.17, 15) is 0 Å². The van der Waals surface area contributed by atoms with Crippen molar-refractivity contribution in [2.75, 3.05) is 0 Å². The molecule has 0 N–H and O–H groups in total. The number of thiophene rings is 1. The Morgan fingerprint density at radius 3 is 1.40 bits per heavy atom. The molecule has 0 bridgehead atoms. The zero-order chi connectivity index (χ0) is 49.4. The minimum absolute atomic E-state index is 0.567. The van der Waals surface area contributed by atoms with E-state index in [1.807, 2.05) is 29.5 Å². The molecule has 0 atom stereocenters. The second kappa shape index (κ2) is 17.5. The monoisotopic (exact) mass is 973 g/mol. The average molecular weight is 974 g/mol. The molecule has 0 aliphatic rings. The minimum atomic E-state index is 0.567. The molecule has 75 heavy (non-hydrogen) atoms. The molecule has 4 heterocycles. The van der Waals surface area contributed by atoms with Gasteiger partial charge in [-0.05, 0) is 100 Å². The van der Waals surface area contributed by atoms with Crippen LogP contribution >= 0.6 is 11.3 Å². The number of hydrogen-bond acceptors (Lipinski definition) is 4. The Hall–Kier alpha value is -9.75. The molecule has 0 spiro atoms. The molecule has 6 heteroatoms. The van der Waals surface area contributed by atoms with Gasteiger partial charge in [-0.1, -0.05) is 194 Å². The normalized spacial score (nSPS) is 11.7. The van der Waals surface area contributed by atoms with Crippen molar-refractivity contribution in [2.24, 2.45) is 0 Å². The van der Waals surface area contributed by atoms with Crippen molar-refractivity contribution in [2.45, 2.75) is 0 Å². The van der Waals surface area contributed by atoms with Crippen molar-refractivity contribution in [3.05, 3.63) is 261 Å². The van der Waals surface area contributed by atoms with Gasteiger partial charge in [0.15, 0.2) is 11.6 Å². The highest BCUT2D eigenvalue weighted by molar-refractivity contribution is 7.25. The zero-order valence-electron chi connectivity index (χ0n) is 40.5. The van der Waals surface area contributed by atoms with E-state index >= 15 is 0 Å². The maximum absolute atomic E-state index is 5.44. The highest BCUT2D eigenvalue weighted by Gasteiger charge is 2.22. The van der Waals surface area contributed by atoms with Crippen LogP contribution in [0.3, 0.4) is 0 Å². The van der Waals surface area contributed by atoms with Crippen LogP contribution in [-0.4, -0.2) is 24.1 Å². The Balaban J connectivity index is 0.932. The summed E-state index contributed by atoms with van der Waals surface area (Å²) in [4.78, 5) is 16.0. The number of rotatable bonds is 8. The van der Waals surface area contributed by atoms with Gasteiger partial charge in [-0.3, -0.25) is 4.57 Å². The smallest absolute Gasteiger partial charge is 0.238 e. The Morgan fingerprint density at radius 1 is 0.267 bits per heavy atom. The molecule has 0 aliphatic carbocycles. The van der Waals surface area contributed by atoms with Crippen molar-refractivity contribution in [3.63, 3.8) is 0 Å². The van der Waals surface area contributed by atoms with Crippen molar-refractivity contribution in [1.29, 1.82) is 0 Å². The fourth-order valence-corrected chi connectivity index (χ4v) is 12.4. The topological polar surface area (TPSA) is 48.5 Å². The summed E-state index contributed by atoms with van der Waals surface area (Å²) in [7, 11) is 0. The lowest BCUT2D eigenvalue weighted by atomic mass is 9.94. The molecule has 0 aliphatic heterocycles. The lowest BCUT2D eigenvalue weighted by molar-refractivity contribution is 0.954. The Kier molecular flexibility index (Phi) is 10.00. The highest BCUT2D eigenvalue weighted by atomic mass is 32.1. The number of nitrogens with zero attached hydrogens (tertiary/aromatic N) is 5. The van der Waals surface area contributed by atoms with Crippen LogP contribution < -0.4 is 0 Å². The summed E-state index contributed by atoms with van der Waals surface area (Å²) >= 11 is 1.82. The Morgan fingerprint density at radius 2 is 0.733 bits per heavy atom. The van der Waals surface area contributed by atoms with E-state index in [0.717, 1.165) is 71.8 Å². The second-order valence-electron chi connectivity index (χ2n) is 19.1. The van der Waals surface area contributed by atoms with Crippen LogP contribution in [0.1, 0.15) is 0 Å².